The third-order valence-corrected chi connectivity index (χ3v) is 5.54. The smallest absolute Gasteiger partial charge is 0.191 e. The first-order valence-corrected chi connectivity index (χ1v) is 10.5. The lowest BCUT2D eigenvalue weighted by atomic mass is 10.2. The molecule has 142 valence electrons. The van der Waals surface area contributed by atoms with Crippen molar-refractivity contribution in [1.82, 2.24) is 25.4 Å². The van der Waals surface area contributed by atoms with Gasteiger partial charge in [-0.2, -0.15) is 5.10 Å². The summed E-state index contributed by atoms with van der Waals surface area (Å²) in [6, 6.07) is 2.67. The van der Waals surface area contributed by atoms with E-state index in [0.717, 1.165) is 28.9 Å². The van der Waals surface area contributed by atoms with Gasteiger partial charge in [-0.25, -0.2) is 9.98 Å². The fourth-order valence-electron chi connectivity index (χ4n) is 3.17. The van der Waals surface area contributed by atoms with E-state index in [9.17, 15) is 0 Å². The van der Waals surface area contributed by atoms with Gasteiger partial charge in [0.1, 0.15) is 5.01 Å². The second-order valence-corrected chi connectivity index (χ2v) is 8.04. The third kappa shape index (κ3) is 5.06. The van der Waals surface area contributed by atoms with Crippen molar-refractivity contribution in [3.63, 3.8) is 0 Å². The molecule has 6 nitrogen and oxygen atoms in total. The van der Waals surface area contributed by atoms with Crippen molar-refractivity contribution in [2.75, 3.05) is 6.54 Å². The predicted octanol–water partition coefficient (Wildman–Crippen LogP) is 3.83. The lowest BCUT2D eigenvalue weighted by Gasteiger charge is -2.10. The number of hydrogen-bond acceptors (Lipinski definition) is 4. The molecule has 0 radical (unpaired) electrons. The molecule has 2 heterocycles. The van der Waals surface area contributed by atoms with Gasteiger partial charge < -0.3 is 10.6 Å². The van der Waals surface area contributed by atoms with Gasteiger partial charge in [-0.3, -0.25) is 4.68 Å². The van der Waals surface area contributed by atoms with Crippen molar-refractivity contribution in [3.8, 4) is 0 Å². The summed E-state index contributed by atoms with van der Waals surface area (Å²) in [5.41, 5.74) is 2.18. The first kappa shape index (κ1) is 18.9. The first-order chi connectivity index (χ1) is 12.7. The molecule has 2 N–H and O–H groups in total. The molecule has 26 heavy (non-hydrogen) atoms. The van der Waals surface area contributed by atoms with E-state index in [1.165, 1.54) is 25.7 Å². The van der Waals surface area contributed by atoms with Crippen molar-refractivity contribution >= 4 is 17.3 Å². The Morgan fingerprint density at radius 1 is 1.35 bits per heavy atom. The van der Waals surface area contributed by atoms with Crippen LogP contribution < -0.4 is 10.6 Å². The molecule has 1 aliphatic rings. The molecule has 2 aromatic rings. The van der Waals surface area contributed by atoms with E-state index in [1.54, 1.807) is 11.3 Å². The fraction of sp³-hybridized carbons (Fsp3) is 0.632. The van der Waals surface area contributed by atoms with E-state index < -0.39 is 0 Å². The zero-order valence-corrected chi connectivity index (χ0v) is 16.9. The molecule has 0 spiro atoms. The van der Waals surface area contributed by atoms with Crippen molar-refractivity contribution in [2.24, 2.45) is 4.99 Å². The highest BCUT2D eigenvalue weighted by atomic mass is 32.1. The fourth-order valence-corrected chi connectivity index (χ4v) is 4.06. The van der Waals surface area contributed by atoms with Crippen LogP contribution in [-0.2, 0) is 13.1 Å². The second-order valence-electron chi connectivity index (χ2n) is 7.09. The van der Waals surface area contributed by atoms with E-state index in [-0.39, 0.29) is 0 Å². The third-order valence-electron chi connectivity index (χ3n) is 4.67. The maximum atomic E-state index is 4.71. The van der Waals surface area contributed by atoms with Crippen LogP contribution in [0.4, 0.5) is 0 Å². The van der Waals surface area contributed by atoms with Crippen LogP contribution in [-0.4, -0.2) is 27.3 Å². The minimum atomic E-state index is 0.469. The van der Waals surface area contributed by atoms with Gasteiger partial charge in [0.2, 0.25) is 0 Å². The maximum Gasteiger partial charge on any atom is 0.191 e. The molecule has 7 heteroatoms. The Kier molecular flexibility index (Phi) is 6.66. The van der Waals surface area contributed by atoms with Gasteiger partial charge in [0.15, 0.2) is 5.96 Å². The number of aromatic nitrogens is 3. The van der Waals surface area contributed by atoms with E-state index >= 15 is 0 Å². The normalized spacial score (nSPS) is 15.8. The molecule has 1 fully saturated rings. The first-order valence-electron chi connectivity index (χ1n) is 9.66. The summed E-state index contributed by atoms with van der Waals surface area (Å²) in [5, 5.41) is 14.6. The van der Waals surface area contributed by atoms with Crippen molar-refractivity contribution < 1.29 is 0 Å². The zero-order valence-electron chi connectivity index (χ0n) is 16.0. The van der Waals surface area contributed by atoms with Crippen LogP contribution in [0.25, 0.3) is 0 Å². The summed E-state index contributed by atoms with van der Waals surface area (Å²) < 4.78 is 2.13. The van der Waals surface area contributed by atoms with Gasteiger partial charge in [-0.1, -0.05) is 26.7 Å². The van der Waals surface area contributed by atoms with Crippen molar-refractivity contribution in [2.45, 2.75) is 71.5 Å². The molecular weight excluding hydrogens is 344 g/mol. The summed E-state index contributed by atoms with van der Waals surface area (Å²) in [4.78, 5) is 9.34. The summed E-state index contributed by atoms with van der Waals surface area (Å²) in [6.07, 6.45) is 7.25. The Labute approximate surface area is 160 Å². The molecule has 0 aliphatic heterocycles. The van der Waals surface area contributed by atoms with Gasteiger partial charge in [-0.05, 0) is 31.7 Å². The SMILES string of the molecule is CCNC(=NCc1ccn(C2CCCC2)n1)NCc1nc(C(C)C)cs1. The number of rotatable bonds is 7. The Morgan fingerprint density at radius 2 is 2.15 bits per heavy atom. The minimum Gasteiger partial charge on any atom is -0.357 e. The molecule has 0 aromatic carbocycles. The highest BCUT2D eigenvalue weighted by Crippen LogP contribution is 2.28. The largest absolute Gasteiger partial charge is 0.357 e. The molecule has 0 atom stereocenters. The lowest BCUT2D eigenvalue weighted by Crippen LogP contribution is -2.36. The average molecular weight is 375 g/mol. The molecule has 0 unspecified atom stereocenters. The summed E-state index contributed by atoms with van der Waals surface area (Å²) in [6.45, 7) is 8.53. The minimum absolute atomic E-state index is 0.469. The van der Waals surface area contributed by atoms with Crippen molar-refractivity contribution in [1.29, 1.82) is 0 Å². The molecule has 1 aliphatic carbocycles. The van der Waals surface area contributed by atoms with Crippen LogP contribution in [0, 0.1) is 0 Å². The Morgan fingerprint density at radius 3 is 2.85 bits per heavy atom. The van der Waals surface area contributed by atoms with Crippen LogP contribution >= 0.6 is 11.3 Å². The Bertz CT molecular complexity index is 711. The molecule has 1 saturated carbocycles. The van der Waals surface area contributed by atoms with Gasteiger partial charge in [0.25, 0.3) is 0 Å². The molecular formula is C19H30N6S. The number of aliphatic imine (C=N–C) groups is 1. The van der Waals surface area contributed by atoms with Gasteiger partial charge in [-0.15, -0.1) is 11.3 Å². The molecule has 3 rings (SSSR count). The summed E-state index contributed by atoms with van der Waals surface area (Å²) in [7, 11) is 0. The Hall–Kier alpha value is -1.89. The molecule has 0 saturated heterocycles. The number of guanidine groups is 1. The van der Waals surface area contributed by atoms with E-state index in [0.29, 0.717) is 25.0 Å². The van der Waals surface area contributed by atoms with E-state index in [4.69, 9.17) is 5.10 Å². The number of nitrogens with zero attached hydrogens (tertiary/aromatic N) is 4. The lowest BCUT2D eigenvalue weighted by molar-refractivity contribution is 0.463. The second kappa shape index (κ2) is 9.16. The predicted molar refractivity (Wildman–Crippen MR) is 108 cm³/mol. The molecule has 2 aromatic heterocycles. The quantitative estimate of drug-likeness (QED) is 0.571. The molecule has 0 bridgehead atoms. The van der Waals surface area contributed by atoms with E-state index in [1.807, 2.05) is 0 Å². The Balaban J connectivity index is 1.56. The van der Waals surface area contributed by atoms with Gasteiger partial charge >= 0.3 is 0 Å². The van der Waals surface area contributed by atoms with Crippen LogP contribution in [0.1, 0.15) is 74.8 Å². The monoisotopic (exact) mass is 374 g/mol. The summed E-state index contributed by atoms with van der Waals surface area (Å²) >= 11 is 1.70. The highest BCUT2D eigenvalue weighted by Gasteiger charge is 2.17. The number of nitrogens with one attached hydrogen (secondary N) is 2. The van der Waals surface area contributed by atoms with Crippen LogP contribution in [0.3, 0.4) is 0 Å². The topological polar surface area (TPSA) is 67.1 Å². The molecule has 0 amide bonds. The van der Waals surface area contributed by atoms with Gasteiger partial charge in [0.05, 0.1) is 30.5 Å². The zero-order chi connectivity index (χ0) is 18.4. The standard InChI is InChI=1S/C19H30N6S/c1-4-20-19(22-12-18-23-17(13-26-18)14(2)3)21-11-15-9-10-25(24-15)16-7-5-6-8-16/h9-10,13-14,16H,4-8,11-12H2,1-3H3,(H2,20,21,22). The van der Waals surface area contributed by atoms with Crippen LogP contribution in [0.2, 0.25) is 0 Å². The average Bonchev–Trinajstić information content (AvgIpc) is 3.38. The maximum absolute atomic E-state index is 4.71. The van der Waals surface area contributed by atoms with Crippen LogP contribution in [0.15, 0.2) is 22.6 Å². The highest BCUT2D eigenvalue weighted by molar-refractivity contribution is 7.09. The number of thiazole rings is 1. The van der Waals surface area contributed by atoms with Crippen molar-refractivity contribution in [3.05, 3.63) is 34.0 Å². The van der Waals surface area contributed by atoms with Crippen LogP contribution in [0.5, 0.6) is 0 Å². The van der Waals surface area contributed by atoms with E-state index in [2.05, 4.69) is 63.7 Å². The van der Waals surface area contributed by atoms with Gasteiger partial charge in [0, 0.05) is 18.1 Å². The number of hydrogen-bond donors (Lipinski definition) is 2. The summed E-state index contributed by atoms with van der Waals surface area (Å²) in [5.74, 6) is 1.28.